The maximum atomic E-state index is 9.43. The van der Waals surface area contributed by atoms with E-state index in [1.165, 1.54) is 0 Å². The highest BCUT2D eigenvalue weighted by Gasteiger charge is 2.15. The van der Waals surface area contributed by atoms with E-state index >= 15 is 0 Å². The zero-order chi connectivity index (χ0) is 11.0. The number of rotatable bonds is 2. The Bertz CT molecular complexity index is 498. The summed E-state index contributed by atoms with van der Waals surface area (Å²) in [6.45, 7) is 0.0399. The van der Waals surface area contributed by atoms with Gasteiger partial charge in [0.25, 0.3) is 0 Å². The first-order valence-corrected chi connectivity index (χ1v) is 5.01. The molecule has 0 radical (unpaired) electrons. The molecule has 0 spiro atoms. The van der Waals surface area contributed by atoms with E-state index in [1.807, 2.05) is 0 Å². The summed E-state index contributed by atoms with van der Waals surface area (Å²) in [5, 5.41) is 10.3. The van der Waals surface area contributed by atoms with Crippen molar-refractivity contribution < 1.29 is 9.52 Å². The van der Waals surface area contributed by atoms with E-state index in [2.05, 4.69) is 4.98 Å². The number of nitrogens with zero attached hydrogens (tertiary/aromatic N) is 1. The molecule has 1 atom stereocenters. The molecule has 0 bridgehead atoms. The Hall–Kier alpha value is -0.810. The number of aliphatic hydroxyl groups is 1. The van der Waals surface area contributed by atoms with Crippen LogP contribution in [0.5, 0.6) is 0 Å². The largest absolute Gasteiger partial charge is 0.436 e. The van der Waals surface area contributed by atoms with Crippen LogP contribution in [0.3, 0.4) is 0 Å². The first-order chi connectivity index (χ1) is 7.11. The Kier molecular flexibility index (Phi) is 2.84. The lowest BCUT2D eigenvalue weighted by Gasteiger charge is -1.99. The molecule has 1 aromatic carbocycles. The van der Waals surface area contributed by atoms with Gasteiger partial charge < -0.3 is 15.3 Å². The molecule has 0 aliphatic heterocycles. The Morgan fingerprint density at radius 3 is 2.87 bits per heavy atom. The van der Waals surface area contributed by atoms with Crippen molar-refractivity contribution in [2.24, 2.45) is 5.73 Å². The molecule has 1 aromatic heterocycles. The molecule has 0 aliphatic rings. The molecular formula is C9H8Cl2N2O2. The topological polar surface area (TPSA) is 72.3 Å². The third-order valence-electron chi connectivity index (χ3n) is 1.93. The van der Waals surface area contributed by atoms with Gasteiger partial charge in [0.05, 0.1) is 5.02 Å². The summed E-state index contributed by atoms with van der Waals surface area (Å²) < 4.78 is 5.27. The van der Waals surface area contributed by atoms with Crippen molar-refractivity contribution in [1.82, 2.24) is 4.98 Å². The van der Waals surface area contributed by atoms with E-state index < -0.39 is 6.10 Å². The van der Waals surface area contributed by atoms with Crippen LogP contribution < -0.4 is 5.73 Å². The molecule has 3 N–H and O–H groups in total. The third kappa shape index (κ3) is 1.94. The van der Waals surface area contributed by atoms with Crippen molar-refractivity contribution in [3.8, 4) is 0 Å². The van der Waals surface area contributed by atoms with Crippen LogP contribution in [0.25, 0.3) is 11.1 Å². The van der Waals surface area contributed by atoms with Crippen molar-refractivity contribution in [2.75, 3.05) is 6.54 Å². The lowest BCUT2D eigenvalue weighted by molar-refractivity contribution is 0.154. The normalized spacial score (nSPS) is 13.3. The van der Waals surface area contributed by atoms with Crippen LogP contribution in [0, 0.1) is 0 Å². The van der Waals surface area contributed by atoms with Gasteiger partial charge in [-0.1, -0.05) is 23.2 Å². The summed E-state index contributed by atoms with van der Waals surface area (Å²) in [6.07, 6.45) is -0.924. The Balaban J connectivity index is 2.60. The van der Waals surface area contributed by atoms with Crippen molar-refractivity contribution in [2.45, 2.75) is 6.10 Å². The fraction of sp³-hybridized carbons (Fsp3) is 0.222. The average molecular weight is 247 g/mol. The molecule has 0 amide bonds. The van der Waals surface area contributed by atoms with Crippen LogP contribution in [-0.4, -0.2) is 16.6 Å². The van der Waals surface area contributed by atoms with Gasteiger partial charge in [0.1, 0.15) is 11.6 Å². The van der Waals surface area contributed by atoms with Gasteiger partial charge >= 0.3 is 0 Å². The number of fused-ring (bicyclic) bond motifs is 1. The van der Waals surface area contributed by atoms with Crippen LogP contribution in [0.15, 0.2) is 16.5 Å². The second-order valence-corrected chi connectivity index (χ2v) is 3.88. The highest BCUT2D eigenvalue weighted by Crippen LogP contribution is 2.29. The fourth-order valence-corrected chi connectivity index (χ4v) is 1.74. The molecule has 0 aliphatic carbocycles. The number of aliphatic hydroxyl groups excluding tert-OH is 1. The van der Waals surface area contributed by atoms with Gasteiger partial charge in [-0.2, -0.15) is 0 Å². The standard InChI is InChI=1S/C9H8Cl2N2O2/c10-4-1-5(11)8-6(2-4)13-9(15-8)7(14)3-12/h1-2,7,14H,3,12H2. The Morgan fingerprint density at radius 1 is 1.47 bits per heavy atom. The molecule has 2 aromatic rings. The van der Waals surface area contributed by atoms with Crippen molar-refractivity contribution >= 4 is 34.3 Å². The monoisotopic (exact) mass is 246 g/mol. The van der Waals surface area contributed by atoms with E-state index in [0.29, 0.717) is 21.1 Å². The minimum atomic E-state index is -0.924. The minimum Gasteiger partial charge on any atom is -0.436 e. The quantitative estimate of drug-likeness (QED) is 0.852. The molecular weight excluding hydrogens is 239 g/mol. The highest BCUT2D eigenvalue weighted by atomic mass is 35.5. The second kappa shape index (κ2) is 3.98. The molecule has 2 rings (SSSR count). The third-order valence-corrected chi connectivity index (χ3v) is 2.43. The lowest BCUT2D eigenvalue weighted by Crippen LogP contribution is -2.11. The predicted octanol–water partition coefficient (Wildman–Crippen LogP) is 2.13. The van der Waals surface area contributed by atoms with E-state index in [1.54, 1.807) is 12.1 Å². The number of halogens is 2. The van der Waals surface area contributed by atoms with Gasteiger partial charge in [-0.05, 0) is 12.1 Å². The highest BCUT2D eigenvalue weighted by molar-refractivity contribution is 6.37. The summed E-state index contributed by atoms with van der Waals surface area (Å²) >= 11 is 11.7. The molecule has 1 unspecified atom stereocenters. The molecule has 0 saturated heterocycles. The number of hydrogen-bond acceptors (Lipinski definition) is 4. The van der Waals surface area contributed by atoms with Crippen LogP contribution >= 0.6 is 23.2 Å². The Labute approximate surface area is 95.6 Å². The zero-order valence-electron chi connectivity index (χ0n) is 7.58. The molecule has 15 heavy (non-hydrogen) atoms. The maximum Gasteiger partial charge on any atom is 0.225 e. The smallest absolute Gasteiger partial charge is 0.225 e. The van der Waals surface area contributed by atoms with Gasteiger partial charge in [0.15, 0.2) is 5.58 Å². The van der Waals surface area contributed by atoms with Crippen LogP contribution in [0.1, 0.15) is 12.0 Å². The molecule has 6 heteroatoms. The molecule has 0 saturated carbocycles. The average Bonchev–Trinajstić information content (AvgIpc) is 2.60. The van der Waals surface area contributed by atoms with Gasteiger partial charge in [0.2, 0.25) is 5.89 Å². The number of hydrogen-bond donors (Lipinski definition) is 2. The number of benzene rings is 1. The van der Waals surface area contributed by atoms with Crippen LogP contribution in [0.4, 0.5) is 0 Å². The summed E-state index contributed by atoms with van der Waals surface area (Å²) in [5.74, 6) is 0.150. The predicted molar refractivity (Wildman–Crippen MR) is 58.0 cm³/mol. The van der Waals surface area contributed by atoms with Crippen molar-refractivity contribution in [1.29, 1.82) is 0 Å². The first-order valence-electron chi connectivity index (χ1n) is 4.25. The minimum absolute atomic E-state index is 0.0399. The molecule has 1 heterocycles. The molecule has 80 valence electrons. The maximum absolute atomic E-state index is 9.43. The summed E-state index contributed by atoms with van der Waals surface area (Å²) in [5.41, 5.74) is 6.20. The number of aromatic nitrogens is 1. The van der Waals surface area contributed by atoms with Gasteiger partial charge in [0, 0.05) is 11.6 Å². The zero-order valence-corrected chi connectivity index (χ0v) is 9.09. The van der Waals surface area contributed by atoms with E-state index in [9.17, 15) is 5.11 Å². The molecule has 0 fully saturated rings. The van der Waals surface area contributed by atoms with E-state index in [0.717, 1.165) is 0 Å². The number of nitrogens with two attached hydrogens (primary N) is 1. The lowest BCUT2D eigenvalue weighted by atomic mass is 10.3. The van der Waals surface area contributed by atoms with Crippen LogP contribution in [-0.2, 0) is 0 Å². The van der Waals surface area contributed by atoms with Gasteiger partial charge in [-0.3, -0.25) is 0 Å². The molecule has 4 nitrogen and oxygen atoms in total. The first kappa shape index (κ1) is 10.7. The number of oxazole rings is 1. The van der Waals surface area contributed by atoms with Gasteiger partial charge in [-0.25, -0.2) is 4.98 Å². The summed E-state index contributed by atoms with van der Waals surface area (Å²) in [4.78, 5) is 4.04. The Morgan fingerprint density at radius 2 is 2.20 bits per heavy atom. The van der Waals surface area contributed by atoms with Crippen molar-refractivity contribution in [3.05, 3.63) is 28.1 Å². The second-order valence-electron chi connectivity index (χ2n) is 3.04. The van der Waals surface area contributed by atoms with Crippen molar-refractivity contribution in [3.63, 3.8) is 0 Å². The van der Waals surface area contributed by atoms with E-state index in [4.69, 9.17) is 33.4 Å². The summed E-state index contributed by atoms with van der Waals surface area (Å²) in [6, 6.07) is 3.16. The SMILES string of the molecule is NCC(O)c1nc2cc(Cl)cc(Cl)c2o1. The fourth-order valence-electron chi connectivity index (χ4n) is 1.22. The van der Waals surface area contributed by atoms with E-state index in [-0.39, 0.29) is 12.4 Å². The van der Waals surface area contributed by atoms with Gasteiger partial charge in [-0.15, -0.1) is 0 Å². The summed E-state index contributed by atoms with van der Waals surface area (Å²) in [7, 11) is 0. The van der Waals surface area contributed by atoms with Crippen LogP contribution in [0.2, 0.25) is 10.0 Å².